The predicted octanol–water partition coefficient (Wildman–Crippen LogP) is 3.71. The fourth-order valence-corrected chi connectivity index (χ4v) is 4.86. The molecule has 4 rings (SSSR count). The summed E-state index contributed by atoms with van der Waals surface area (Å²) in [6, 6.07) is 14.7. The molecule has 0 radical (unpaired) electrons. The van der Waals surface area contributed by atoms with Crippen molar-refractivity contribution >= 4 is 9.84 Å². The Labute approximate surface area is 150 Å². The second-order valence-electron chi connectivity index (χ2n) is 7.42. The molecule has 0 amide bonds. The molecule has 0 aromatic heterocycles. The highest BCUT2D eigenvalue weighted by molar-refractivity contribution is 7.90. The Morgan fingerprint density at radius 3 is 2.28 bits per heavy atom. The van der Waals surface area contributed by atoms with Crippen molar-refractivity contribution in [1.82, 2.24) is 4.90 Å². The van der Waals surface area contributed by atoms with Gasteiger partial charge in [-0.2, -0.15) is 0 Å². The van der Waals surface area contributed by atoms with Crippen LogP contribution in [-0.2, 0) is 22.7 Å². The van der Waals surface area contributed by atoms with E-state index in [9.17, 15) is 8.42 Å². The van der Waals surface area contributed by atoms with E-state index in [1.54, 1.807) is 12.1 Å². The summed E-state index contributed by atoms with van der Waals surface area (Å²) >= 11 is 0. The molecule has 4 heteroatoms. The first kappa shape index (κ1) is 16.8. The van der Waals surface area contributed by atoms with Gasteiger partial charge in [-0.3, -0.25) is 0 Å². The maximum absolute atomic E-state index is 11.6. The van der Waals surface area contributed by atoms with Gasteiger partial charge in [-0.1, -0.05) is 30.3 Å². The van der Waals surface area contributed by atoms with Gasteiger partial charge in [0.2, 0.25) is 0 Å². The molecule has 3 nitrogen and oxygen atoms in total. The zero-order chi connectivity index (χ0) is 17.4. The Kier molecular flexibility index (Phi) is 4.42. The van der Waals surface area contributed by atoms with Crippen LogP contribution in [0.5, 0.6) is 0 Å². The number of hydrogen-bond donors (Lipinski definition) is 0. The topological polar surface area (TPSA) is 37.4 Å². The quantitative estimate of drug-likeness (QED) is 0.842. The van der Waals surface area contributed by atoms with Crippen molar-refractivity contribution in [3.8, 4) is 11.1 Å². The second kappa shape index (κ2) is 6.58. The van der Waals surface area contributed by atoms with E-state index in [2.05, 4.69) is 23.1 Å². The highest BCUT2D eigenvalue weighted by Gasteiger charge is 2.26. The van der Waals surface area contributed by atoms with Gasteiger partial charge in [0.1, 0.15) is 0 Å². The van der Waals surface area contributed by atoms with E-state index in [4.69, 9.17) is 0 Å². The van der Waals surface area contributed by atoms with Gasteiger partial charge in [-0.25, -0.2) is 8.42 Å². The Balaban J connectivity index is 1.56. The SMILES string of the molecule is CS(=O)(=O)c1ccc(-c2ccc3c(c2)CC[C@@H](N2CCCC2)C3)cc1. The summed E-state index contributed by atoms with van der Waals surface area (Å²) in [5.74, 6) is 0. The Bertz CT molecular complexity index is 865. The molecule has 1 saturated heterocycles. The highest BCUT2D eigenvalue weighted by Crippen LogP contribution is 2.30. The van der Waals surface area contributed by atoms with Gasteiger partial charge < -0.3 is 4.90 Å². The molecule has 1 fully saturated rings. The molecular weight excluding hydrogens is 330 g/mol. The minimum atomic E-state index is -3.14. The second-order valence-corrected chi connectivity index (χ2v) is 9.44. The summed E-state index contributed by atoms with van der Waals surface area (Å²) in [6.45, 7) is 2.54. The first-order valence-electron chi connectivity index (χ1n) is 9.17. The number of likely N-dealkylation sites (tertiary alicyclic amines) is 1. The van der Waals surface area contributed by atoms with Crippen LogP contribution >= 0.6 is 0 Å². The fourth-order valence-electron chi connectivity index (χ4n) is 4.23. The first-order valence-corrected chi connectivity index (χ1v) is 11.1. The summed E-state index contributed by atoms with van der Waals surface area (Å²) in [7, 11) is -3.14. The lowest BCUT2D eigenvalue weighted by atomic mass is 9.85. The van der Waals surface area contributed by atoms with Gasteiger partial charge in [-0.15, -0.1) is 0 Å². The first-order chi connectivity index (χ1) is 12.0. The number of hydrogen-bond acceptors (Lipinski definition) is 3. The minimum absolute atomic E-state index is 0.377. The summed E-state index contributed by atoms with van der Waals surface area (Å²) in [5.41, 5.74) is 5.20. The summed E-state index contributed by atoms with van der Waals surface area (Å²) in [4.78, 5) is 3.04. The molecule has 2 aliphatic rings. The molecule has 1 aliphatic carbocycles. The maximum atomic E-state index is 11.6. The van der Waals surface area contributed by atoms with Crippen LogP contribution in [-0.4, -0.2) is 38.7 Å². The molecule has 0 N–H and O–H groups in total. The average Bonchev–Trinajstić information content (AvgIpc) is 3.15. The van der Waals surface area contributed by atoms with Crippen LogP contribution < -0.4 is 0 Å². The molecule has 2 aromatic rings. The Morgan fingerprint density at radius 1 is 0.920 bits per heavy atom. The van der Waals surface area contributed by atoms with E-state index in [-0.39, 0.29) is 0 Å². The van der Waals surface area contributed by atoms with Crippen molar-refractivity contribution in [1.29, 1.82) is 0 Å². The van der Waals surface area contributed by atoms with Crippen LogP contribution in [0, 0.1) is 0 Å². The molecule has 25 heavy (non-hydrogen) atoms. The van der Waals surface area contributed by atoms with E-state index in [1.807, 2.05) is 12.1 Å². The number of nitrogens with zero attached hydrogens (tertiary/aromatic N) is 1. The lowest BCUT2D eigenvalue weighted by molar-refractivity contribution is 0.222. The fraction of sp³-hybridized carbons (Fsp3) is 0.429. The largest absolute Gasteiger partial charge is 0.300 e. The van der Waals surface area contributed by atoms with Gasteiger partial charge in [-0.05, 0) is 79.6 Å². The third kappa shape index (κ3) is 3.51. The van der Waals surface area contributed by atoms with Gasteiger partial charge >= 0.3 is 0 Å². The zero-order valence-corrected chi connectivity index (χ0v) is 15.6. The normalized spacial score (nSPS) is 21.2. The third-order valence-corrected chi connectivity index (χ3v) is 6.81. The van der Waals surface area contributed by atoms with Crippen molar-refractivity contribution < 1.29 is 8.42 Å². The van der Waals surface area contributed by atoms with E-state index >= 15 is 0 Å². The molecule has 1 aliphatic heterocycles. The van der Waals surface area contributed by atoms with Crippen molar-refractivity contribution in [3.63, 3.8) is 0 Å². The van der Waals surface area contributed by atoms with Crippen molar-refractivity contribution in [2.75, 3.05) is 19.3 Å². The molecular formula is C21H25NO2S. The molecule has 1 heterocycles. The van der Waals surface area contributed by atoms with Crippen LogP contribution in [0.25, 0.3) is 11.1 Å². The average molecular weight is 356 g/mol. The van der Waals surface area contributed by atoms with E-state index < -0.39 is 9.84 Å². The van der Waals surface area contributed by atoms with E-state index in [0.29, 0.717) is 4.90 Å². The molecule has 0 spiro atoms. The number of sulfone groups is 1. The van der Waals surface area contributed by atoms with Crippen molar-refractivity contribution in [2.24, 2.45) is 0 Å². The lowest BCUT2D eigenvalue weighted by Crippen LogP contribution is -2.37. The minimum Gasteiger partial charge on any atom is -0.300 e. The number of aryl methyl sites for hydroxylation is 1. The number of fused-ring (bicyclic) bond motifs is 1. The number of rotatable bonds is 3. The molecule has 1 atom stereocenters. The molecule has 2 aromatic carbocycles. The van der Waals surface area contributed by atoms with Gasteiger partial charge in [0, 0.05) is 12.3 Å². The Morgan fingerprint density at radius 2 is 1.60 bits per heavy atom. The standard InChI is InChI=1S/C21H25NO2S/c1-25(23,24)21-10-7-16(8-11-21)17-4-5-19-15-20(9-6-18(19)14-17)22-12-2-3-13-22/h4-5,7-8,10-11,14,20H,2-3,6,9,12-13,15H2,1H3/t20-/m1/s1. The molecule has 132 valence electrons. The summed E-state index contributed by atoms with van der Waals surface area (Å²) < 4.78 is 23.2. The lowest BCUT2D eigenvalue weighted by Gasteiger charge is -2.32. The van der Waals surface area contributed by atoms with Crippen LogP contribution in [0.4, 0.5) is 0 Å². The van der Waals surface area contributed by atoms with Gasteiger partial charge in [0.15, 0.2) is 9.84 Å². The van der Waals surface area contributed by atoms with Crippen LogP contribution in [0.1, 0.15) is 30.4 Å². The van der Waals surface area contributed by atoms with E-state index in [0.717, 1.165) is 18.0 Å². The number of benzene rings is 2. The third-order valence-electron chi connectivity index (χ3n) is 5.68. The molecule has 0 bridgehead atoms. The van der Waals surface area contributed by atoms with Crippen molar-refractivity contribution in [2.45, 2.75) is 43.0 Å². The van der Waals surface area contributed by atoms with Gasteiger partial charge in [0.25, 0.3) is 0 Å². The predicted molar refractivity (Wildman–Crippen MR) is 102 cm³/mol. The maximum Gasteiger partial charge on any atom is 0.175 e. The van der Waals surface area contributed by atoms with Gasteiger partial charge in [0.05, 0.1) is 4.90 Å². The monoisotopic (exact) mass is 355 g/mol. The van der Waals surface area contributed by atoms with Crippen LogP contribution in [0.15, 0.2) is 47.4 Å². The summed E-state index contributed by atoms with van der Waals surface area (Å²) in [6.07, 6.45) is 7.52. The Hall–Kier alpha value is -1.65. The summed E-state index contributed by atoms with van der Waals surface area (Å²) in [5, 5.41) is 0. The molecule has 0 unspecified atom stereocenters. The van der Waals surface area contributed by atoms with Crippen LogP contribution in [0.3, 0.4) is 0 Å². The molecule has 0 saturated carbocycles. The van der Waals surface area contributed by atoms with Crippen molar-refractivity contribution in [3.05, 3.63) is 53.6 Å². The highest BCUT2D eigenvalue weighted by atomic mass is 32.2. The zero-order valence-electron chi connectivity index (χ0n) is 14.7. The van der Waals surface area contributed by atoms with Crippen LogP contribution in [0.2, 0.25) is 0 Å². The smallest absolute Gasteiger partial charge is 0.175 e. The van der Waals surface area contributed by atoms with E-state index in [1.165, 1.54) is 61.7 Å².